The third-order valence-corrected chi connectivity index (χ3v) is 4.03. The summed E-state index contributed by atoms with van der Waals surface area (Å²) in [5.41, 5.74) is -0.709. The Balaban J connectivity index is 1.66. The second-order valence-electron chi connectivity index (χ2n) is 5.88. The SMILES string of the molecule is Cc1ocnc1C(=O)N(C)C[C@]1(O)CCN(c2cnccn2)C1. The van der Waals surface area contributed by atoms with E-state index >= 15 is 0 Å². The molecule has 8 heteroatoms. The van der Waals surface area contributed by atoms with Crippen molar-refractivity contribution < 1.29 is 14.3 Å². The second kappa shape index (κ2) is 5.96. The number of amides is 1. The van der Waals surface area contributed by atoms with E-state index in [1.807, 2.05) is 4.90 Å². The maximum atomic E-state index is 12.4. The molecule has 0 radical (unpaired) electrons. The van der Waals surface area contributed by atoms with Gasteiger partial charge in [-0.2, -0.15) is 0 Å². The van der Waals surface area contributed by atoms with E-state index in [1.54, 1.807) is 32.6 Å². The first-order valence-corrected chi connectivity index (χ1v) is 7.37. The van der Waals surface area contributed by atoms with E-state index in [-0.39, 0.29) is 18.1 Å². The standard InChI is InChI=1S/C15H19N5O3/c1-11-13(18-10-23-11)14(21)19(2)8-15(22)3-6-20(9-15)12-7-16-4-5-17-12/h4-5,7,10,22H,3,6,8-9H2,1-2H3/t15-/m1/s1. The molecule has 3 heterocycles. The van der Waals surface area contributed by atoms with E-state index in [2.05, 4.69) is 15.0 Å². The van der Waals surface area contributed by atoms with Gasteiger partial charge in [0.2, 0.25) is 0 Å². The van der Waals surface area contributed by atoms with Crippen molar-refractivity contribution in [3.63, 3.8) is 0 Å². The van der Waals surface area contributed by atoms with Gasteiger partial charge < -0.3 is 19.3 Å². The summed E-state index contributed by atoms with van der Waals surface area (Å²) in [5, 5.41) is 10.8. The number of oxazole rings is 1. The number of carbonyl (C=O) groups excluding carboxylic acids is 1. The Hall–Kier alpha value is -2.48. The predicted molar refractivity (Wildman–Crippen MR) is 82.0 cm³/mol. The van der Waals surface area contributed by atoms with Crippen LogP contribution in [-0.4, -0.2) is 63.1 Å². The third kappa shape index (κ3) is 3.16. The van der Waals surface area contributed by atoms with E-state index in [1.165, 1.54) is 11.3 Å². The molecule has 23 heavy (non-hydrogen) atoms. The van der Waals surface area contributed by atoms with Crippen LogP contribution in [0.5, 0.6) is 0 Å². The smallest absolute Gasteiger partial charge is 0.275 e. The molecule has 1 aliphatic rings. The molecule has 1 amide bonds. The van der Waals surface area contributed by atoms with Crippen LogP contribution in [-0.2, 0) is 0 Å². The molecule has 1 N–H and O–H groups in total. The van der Waals surface area contributed by atoms with Gasteiger partial charge in [0.25, 0.3) is 5.91 Å². The molecule has 2 aromatic rings. The molecule has 122 valence electrons. The minimum absolute atomic E-state index is 0.217. The van der Waals surface area contributed by atoms with Gasteiger partial charge in [0, 0.05) is 32.5 Å². The van der Waals surface area contributed by atoms with E-state index in [0.717, 1.165) is 5.82 Å². The number of aryl methyl sites for hydroxylation is 1. The Morgan fingerprint density at radius 2 is 2.30 bits per heavy atom. The largest absolute Gasteiger partial charge is 0.448 e. The summed E-state index contributed by atoms with van der Waals surface area (Å²) >= 11 is 0. The van der Waals surface area contributed by atoms with Crippen molar-refractivity contribution in [1.82, 2.24) is 19.9 Å². The summed E-state index contributed by atoms with van der Waals surface area (Å²) in [4.78, 5) is 28.0. The molecule has 0 bridgehead atoms. The fraction of sp³-hybridized carbons (Fsp3) is 0.467. The van der Waals surface area contributed by atoms with Gasteiger partial charge >= 0.3 is 0 Å². The van der Waals surface area contributed by atoms with Gasteiger partial charge in [-0.05, 0) is 13.3 Å². The molecular formula is C15H19N5O3. The molecule has 3 rings (SSSR count). The van der Waals surface area contributed by atoms with Crippen LogP contribution in [0.25, 0.3) is 0 Å². The van der Waals surface area contributed by atoms with Crippen LogP contribution in [0.3, 0.4) is 0 Å². The number of nitrogens with zero attached hydrogens (tertiary/aromatic N) is 5. The number of likely N-dealkylation sites (N-methyl/N-ethyl adjacent to an activating group) is 1. The number of β-amino-alcohol motifs (C(OH)–C–C–N with tert-alkyl or cyclic N) is 1. The van der Waals surface area contributed by atoms with Gasteiger partial charge in [-0.1, -0.05) is 0 Å². The van der Waals surface area contributed by atoms with Gasteiger partial charge in [-0.25, -0.2) is 9.97 Å². The van der Waals surface area contributed by atoms with Crippen molar-refractivity contribution in [2.24, 2.45) is 0 Å². The van der Waals surface area contributed by atoms with Gasteiger partial charge in [0.15, 0.2) is 12.1 Å². The van der Waals surface area contributed by atoms with E-state index in [9.17, 15) is 9.90 Å². The number of hydrogen-bond donors (Lipinski definition) is 1. The molecule has 2 aromatic heterocycles. The summed E-state index contributed by atoms with van der Waals surface area (Å²) < 4.78 is 5.06. The summed E-state index contributed by atoms with van der Waals surface area (Å²) in [6.07, 6.45) is 6.70. The molecule has 8 nitrogen and oxygen atoms in total. The highest BCUT2D eigenvalue weighted by Crippen LogP contribution is 2.26. The molecule has 1 aliphatic heterocycles. The summed E-state index contributed by atoms with van der Waals surface area (Å²) in [6, 6.07) is 0. The first-order chi connectivity index (χ1) is 11.0. The predicted octanol–water partition coefficient (Wildman–Crippen LogP) is 0.486. The summed E-state index contributed by atoms with van der Waals surface area (Å²) in [6.45, 7) is 2.98. The fourth-order valence-corrected chi connectivity index (χ4v) is 2.84. The van der Waals surface area contributed by atoms with Crippen LogP contribution in [0, 0.1) is 6.92 Å². The molecule has 1 saturated heterocycles. The zero-order chi connectivity index (χ0) is 16.4. The van der Waals surface area contributed by atoms with Crippen LogP contribution < -0.4 is 4.90 Å². The number of hydrogen-bond acceptors (Lipinski definition) is 7. The zero-order valence-electron chi connectivity index (χ0n) is 13.1. The molecule has 0 unspecified atom stereocenters. The zero-order valence-corrected chi connectivity index (χ0v) is 13.1. The van der Waals surface area contributed by atoms with E-state index in [4.69, 9.17) is 4.42 Å². The molecule has 0 aromatic carbocycles. The average molecular weight is 317 g/mol. The lowest BCUT2D eigenvalue weighted by atomic mass is 10.0. The number of anilines is 1. The summed E-state index contributed by atoms with van der Waals surface area (Å²) in [7, 11) is 1.65. The average Bonchev–Trinajstić information content (AvgIpc) is 3.13. The van der Waals surface area contributed by atoms with E-state index in [0.29, 0.717) is 25.3 Å². The Morgan fingerprint density at radius 1 is 1.48 bits per heavy atom. The van der Waals surface area contributed by atoms with Crippen molar-refractivity contribution in [2.45, 2.75) is 18.9 Å². The lowest BCUT2D eigenvalue weighted by molar-refractivity contribution is 0.0261. The lowest BCUT2D eigenvalue weighted by Gasteiger charge is -2.28. The lowest BCUT2D eigenvalue weighted by Crippen LogP contribution is -2.46. The minimum atomic E-state index is -0.987. The van der Waals surface area contributed by atoms with Gasteiger partial charge in [-0.15, -0.1) is 0 Å². The van der Waals surface area contributed by atoms with Crippen molar-refractivity contribution in [3.05, 3.63) is 36.4 Å². The molecule has 0 spiro atoms. The minimum Gasteiger partial charge on any atom is -0.448 e. The van der Waals surface area contributed by atoms with Crippen molar-refractivity contribution in [2.75, 3.05) is 31.6 Å². The van der Waals surface area contributed by atoms with Crippen LogP contribution in [0.15, 0.2) is 29.4 Å². The Morgan fingerprint density at radius 3 is 2.96 bits per heavy atom. The Labute approximate surface area is 133 Å². The third-order valence-electron chi connectivity index (χ3n) is 4.03. The number of aliphatic hydroxyl groups is 1. The highest BCUT2D eigenvalue weighted by Gasteiger charge is 2.39. The Bertz CT molecular complexity index is 689. The normalized spacial score (nSPS) is 20.7. The van der Waals surface area contributed by atoms with Crippen molar-refractivity contribution in [3.8, 4) is 0 Å². The van der Waals surface area contributed by atoms with Gasteiger partial charge in [0.05, 0.1) is 12.7 Å². The first-order valence-electron chi connectivity index (χ1n) is 7.37. The second-order valence-corrected chi connectivity index (χ2v) is 5.88. The van der Waals surface area contributed by atoms with Crippen LogP contribution in [0.4, 0.5) is 5.82 Å². The molecule has 0 saturated carbocycles. The molecule has 1 fully saturated rings. The first kappa shape index (κ1) is 15.4. The van der Waals surface area contributed by atoms with Crippen LogP contribution in [0.1, 0.15) is 22.7 Å². The highest BCUT2D eigenvalue weighted by molar-refractivity contribution is 5.93. The van der Waals surface area contributed by atoms with Crippen LogP contribution in [0.2, 0.25) is 0 Å². The maximum Gasteiger partial charge on any atom is 0.275 e. The molecular weight excluding hydrogens is 298 g/mol. The quantitative estimate of drug-likeness (QED) is 0.876. The van der Waals surface area contributed by atoms with Gasteiger partial charge in [-0.3, -0.25) is 9.78 Å². The maximum absolute atomic E-state index is 12.4. The van der Waals surface area contributed by atoms with Crippen LogP contribution >= 0.6 is 0 Å². The molecule has 0 aliphatic carbocycles. The summed E-state index contributed by atoms with van der Waals surface area (Å²) in [5.74, 6) is 0.939. The fourth-order valence-electron chi connectivity index (χ4n) is 2.84. The van der Waals surface area contributed by atoms with Crippen molar-refractivity contribution >= 4 is 11.7 Å². The highest BCUT2D eigenvalue weighted by atomic mass is 16.3. The Kier molecular flexibility index (Phi) is 3.99. The monoisotopic (exact) mass is 317 g/mol. The molecule has 1 atom stereocenters. The number of carbonyl (C=O) groups is 1. The van der Waals surface area contributed by atoms with E-state index < -0.39 is 5.60 Å². The number of rotatable bonds is 4. The topological polar surface area (TPSA) is 95.6 Å². The van der Waals surface area contributed by atoms with Gasteiger partial charge in [0.1, 0.15) is 17.2 Å². The number of aromatic nitrogens is 3. The van der Waals surface area contributed by atoms with Crippen molar-refractivity contribution in [1.29, 1.82) is 0 Å².